The molecule has 0 fully saturated rings. The third kappa shape index (κ3) is 4.75. The van der Waals surface area contributed by atoms with Gasteiger partial charge in [-0.1, -0.05) is 19.9 Å². The molecule has 0 unspecified atom stereocenters. The van der Waals surface area contributed by atoms with Gasteiger partial charge in [0.25, 0.3) is 5.91 Å². The number of hydrazone groups is 1. The summed E-state index contributed by atoms with van der Waals surface area (Å²) in [4.78, 5) is 12.5. The van der Waals surface area contributed by atoms with E-state index in [9.17, 15) is 13.2 Å². The lowest BCUT2D eigenvalue weighted by molar-refractivity contribution is 0.0955. The zero-order chi connectivity index (χ0) is 20.9. The molecule has 0 aromatic heterocycles. The molecular formula is C20H23N3O5S. The lowest BCUT2D eigenvalue weighted by atomic mass is 10.2. The Morgan fingerprint density at radius 3 is 2.55 bits per heavy atom. The van der Waals surface area contributed by atoms with Gasteiger partial charge < -0.3 is 9.47 Å². The van der Waals surface area contributed by atoms with Crippen LogP contribution >= 0.6 is 0 Å². The molecule has 8 nitrogen and oxygen atoms in total. The van der Waals surface area contributed by atoms with Crippen molar-refractivity contribution >= 4 is 22.1 Å². The summed E-state index contributed by atoms with van der Waals surface area (Å²) in [6.07, 6.45) is 1.48. The number of sulfonamides is 1. The van der Waals surface area contributed by atoms with Crippen molar-refractivity contribution in [1.82, 2.24) is 9.73 Å². The van der Waals surface area contributed by atoms with Crippen molar-refractivity contribution in [2.75, 3.05) is 26.3 Å². The molecule has 0 aliphatic carbocycles. The van der Waals surface area contributed by atoms with Gasteiger partial charge in [0, 0.05) is 18.7 Å². The fourth-order valence-corrected chi connectivity index (χ4v) is 4.39. The number of carbonyl (C=O) groups excluding carboxylic acids is 1. The van der Waals surface area contributed by atoms with Gasteiger partial charge in [0.05, 0.1) is 11.1 Å². The maximum Gasteiger partial charge on any atom is 0.271 e. The first-order valence-corrected chi connectivity index (χ1v) is 10.7. The van der Waals surface area contributed by atoms with Crippen LogP contribution in [0.5, 0.6) is 11.5 Å². The zero-order valence-corrected chi connectivity index (χ0v) is 17.1. The molecular weight excluding hydrogens is 394 g/mol. The smallest absolute Gasteiger partial charge is 0.271 e. The van der Waals surface area contributed by atoms with Gasteiger partial charge in [-0.25, -0.2) is 13.8 Å². The van der Waals surface area contributed by atoms with E-state index < -0.39 is 15.9 Å². The summed E-state index contributed by atoms with van der Waals surface area (Å²) in [5.74, 6) is 0.792. The average Bonchev–Trinajstić information content (AvgIpc) is 2.74. The third-order valence-electron chi connectivity index (χ3n) is 4.39. The van der Waals surface area contributed by atoms with Crippen molar-refractivity contribution in [1.29, 1.82) is 0 Å². The standard InChI is InChI=1S/C20H23N3O5S/c1-3-23(4-2)29(25,26)17-7-5-6-16(13-17)20(24)22-21-14-15-8-9-18-19(12-15)28-11-10-27-18/h5-9,12-14H,3-4,10-11H2,1-2H3,(H,22,24)/b21-14-. The monoisotopic (exact) mass is 417 g/mol. The van der Waals surface area contributed by atoms with E-state index in [0.717, 1.165) is 5.56 Å². The molecule has 2 aromatic rings. The Morgan fingerprint density at radius 1 is 1.10 bits per heavy atom. The molecule has 0 atom stereocenters. The van der Waals surface area contributed by atoms with Crippen LogP contribution < -0.4 is 14.9 Å². The first kappa shape index (κ1) is 20.8. The summed E-state index contributed by atoms with van der Waals surface area (Å²) < 4.78 is 37.6. The number of benzene rings is 2. The number of rotatable bonds is 7. The van der Waals surface area contributed by atoms with Crippen LogP contribution in [0.25, 0.3) is 0 Å². The molecule has 9 heteroatoms. The lowest BCUT2D eigenvalue weighted by Crippen LogP contribution is -2.30. The Morgan fingerprint density at radius 2 is 1.83 bits per heavy atom. The van der Waals surface area contributed by atoms with E-state index in [1.807, 2.05) is 0 Å². The highest BCUT2D eigenvalue weighted by Gasteiger charge is 2.22. The maximum absolute atomic E-state index is 12.6. The van der Waals surface area contributed by atoms with Crippen LogP contribution in [0.2, 0.25) is 0 Å². The predicted molar refractivity (Wildman–Crippen MR) is 109 cm³/mol. The molecule has 1 aliphatic heterocycles. The Balaban J connectivity index is 1.71. The molecule has 1 aliphatic rings. The molecule has 2 aromatic carbocycles. The van der Waals surface area contributed by atoms with E-state index >= 15 is 0 Å². The van der Waals surface area contributed by atoms with Crippen LogP contribution in [0.1, 0.15) is 29.8 Å². The Hall–Kier alpha value is -2.91. The van der Waals surface area contributed by atoms with Gasteiger partial charge in [0.15, 0.2) is 11.5 Å². The molecule has 1 N–H and O–H groups in total. The SMILES string of the molecule is CCN(CC)S(=O)(=O)c1cccc(C(=O)N/N=C\c2ccc3c(c2)OCCO3)c1. The maximum atomic E-state index is 12.6. The number of nitrogens with zero attached hydrogens (tertiary/aromatic N) is 2. The molecule has 29 heavy (non-hydrogen) atoms. The molecule has 0 spiro atoms. The van der Waals surface area contributed by atoms with E-state index in [0.29, 0.717) is 37.8 Å². The summed E-state index contributed by atoms with van der Waals surface area (Å²) >= 11 is 0. The van der Waals surface area contributed by atoms with Crippen molar-refractivity contribution in [2.24, 2.45) is 5.10 Å². The Bertz CT molecular complexity index is 1020. The van der Waals surface area contributed by atoms with Crippen LogP contribution in [-0.2, 0) is 10.0 Å². The van der Waals surface area contributed by atoms with Gasteiger partial charge in [-0.05, 0) is 42.0 Å². The number of hydrogen-bond donors (Lipinski definition) is 1. The second-order valence-electron chi connectivity index (χ2n) is 6.22. The van der Waals surface area contributed by atoms with Gasteiger partial charge in [-0.15, -0.1) is 0 Å². The van der Waals surface area contributed by atoms with Crippen LogP contribution in [0, 0.1) is 0 Å². The number of carbonyl (C=O) groups is 1. The van der Waals surface area contributed by atoms with Gasteiger partial charge in [0.2, 0.25) is 10.0 Å². The molecule has 3 rings (SSSR count). The first-order valence-electron chi connectivity index (χ1n) is 9.29. The third-order valence-corrected chi connectivity index (χ3v) is 6.43. The van der Waals surface area contributed by atoms with Crippen LogP contribution in [0.3, 0.4) is 0 Å². The highest BCUT2D eigenvalue weighted by atomic mass is 32.2. The van der Waals surface area contributed by atoms with Crippen molar-refractivity contribution in [3.05, 3.63) is 53.6 Å². The summed E-state index contributed by atoms with van der Waals surface area (Å²) in [7, 11) is -3.64. The molecule has 154 valence electrons. The van der Waals surface area contributed by atoms with Crippen molar-refractivity contribution in [3.63, 3.8) is 0 Å². The Kier molecular flexibility index (Phi) is 6.50. The average molecular weight is 417 g/mol. The van der Waals surface area contributed by atoms with E-state index in [2.05, 4.69) is 10.5 Å². The molecule has 1 amide bonds. The molecule has 0 bridgehead atoms. The molecule has 0 saturated carbocycles. The zero-order valence-electron chi connectivity index (χ0n) is 16.3. The van der Waals surface area contributed by atoms with E-state index in [-0.39, 0.29) is 10.5 Å². The van der Waals surface area contributed by atoms with E-state index in [4.69, 9.17) is 9.47 Å². The largest absolute Gasteiger partial charge is 0.486 e. The highest BCUT2D eigenvalue weighted by molar-refractivity contribution is 7.89. The second-order valence-corrected chi connectivity index (χ2v) is 8.16. The van der Waals surface area contributed by atoms with Crippen LogP contribution in [-0.4, -0.2) is 51.1 Å². The topological polar surface area (TPSA) is 97.3 Å². The van der Waals surface area contributed by atoms with Gasteiger partial charge in [-0.3, -0.25) is 4.79 Å². The fraction of sp³-hybridized carbons (Fsp3) is 0.300. The summed E-state index contributed by atoms with van der Waals surface area (Å²) in [6.45, 7) is 5.25. The van der Waals surface area contributed by atoms with E-state index in [1.165, 1.54) is 34.8 Å². The van der Waals surface area contributed by atoms with Crippen molar-refractivity contribution in [3.8, 4) is 11.5 Å². The summed E-state index contributed by atoms with van der Waals surface area (Å²) in [6, 6.07) is 11.2. The number of hydrogen-bond acceptors (Lipinski definition) is 6. The lowest BCUT2D eigenvalue weighted by Gasteiger charge is -2.18. The van der Waals surface area contributed by atoms with Crippen LogP contribution in [0.4, 0.5) is 0 Å². The Labute approximate surface area is 170 Å². The number of ether oxygens (including phenoxy) is 2. The number of amides is 1. The number of nitrogens with one attached hydrogen (secondary N) is 1. The first-order chi connectivity index (χ1) is 14.0. The normalized spacial score (nSPS) is 13.6. The summed E-state index contributed by atoms with van der Waals surface area (Å²) in [5, 5.41) is 3.95. The molecule has 0 radical (unpaired) electrons. The fourth-order valence-electron chi connectivity index (χ4n) is 2.88. The van der Waals surface area contributed by atoms with Gasteiger partial charge >= 0.3 is 0 Å². The van der Waals surface area contributed by atoms with Gasteiger partial charge in [0.1, 0.15) is 13.2 Å². The van der Waals surface area contributed by atoms with Crippen molar-refractivity contribution < 1.29 is 22.7 Å². The van der Waals surface area contributed by atoms with E-state index in [1.54, 1.807) is 32.0 Å². The van der Waals surface area contributed by atoms with Crippen molar-refractivity contribution in [2.45, 2.75) is 18.7 Å². The molecule has 0 saturated heterocycles. The summed E-state index contributed by atoms with van der Waals surface area (Å²) in [5.41, 5.74) is 3.35. The second kappa shape index (κ2) is 9.06. The quantitative estimate of drug-likeness (QED) is 0.551. The predicted octanol–water partition coefficient (Wildman–Crippen LogP) is 2.25. The minimum atomic E-state index is -3.64. The van der Waals surface area contributed by atoms with Crippen LogP contribution in [0.15, 0.2) is 52.5 Å². The minimum absolute atomic E-state index is 0.0738. The molecule has 1 heterocycles. The number of fused-ring (bicyclic) bond motifs is 1. The van der Waals surface area contributed by atoms with Gasteiger partial charge in [-0.2, -0.15) is 9.41 Å². The minimum Gasteiger partial charge on any atom is -0.486 e. The highest BCUT2D eigenvalue weighted by Crippen LogP contribution is 2.30.